The fourth-order valence-electron chi connectivity index (χ4n) is 1.84. The van der Waals surface area contributed by atoms with Gasteiger partial charge in [-0.25, -0.2) is 0 Å². The summed E-state index contributed by atoms with van der Waals surface area (Å²) in [6.45, 7) is 2.45. The molecule has 0 unspecified atom stereocenters. The summed E-state index contributed by atoms with van der Waals surface area (Å²) in [6.07, 6.45) is 2.13. The molecule has 0 aliphatic rings. The lowest BCUT2D eigenvalue weighted by molar-refractivity contribution is -0.134. The SMILES string of the molecule is CCOc1ccccc1OC(=O)CCCc1cccs1. The largest absolute Gasteiger partial charge is 0.490 e. The Kier molecular flexibility index (Phi) is 5.62. The molecule has 0 saturated heterocycles. The van der Waals surface area contributed by atoms with E-state index >= 15 is 0 Å². The maximum absolute atomic E-state index is 11.8. The highest BCUT2D eigenvalue weighted by molar-refractivity contribution is 7.09. The van der Waals surface area contributed by atoms with Crippen LogP contribution in [-0.2, 0) is 11.2 Å². The average Bonchev–Trinajstić information content (AvgIpc) is 2.94. The third-order valence-corrected chi connectivity index (χ3v) is 3.69. The first kappa shape index (κ1) is 14.6. The molecular formula is C16H18O3S. The van der Waals surface area contributed by atoms with Gasteiger partial charge < -0.3 is 9.47 Å². The normalized spacial score (nSPS) is 10.2. The van der Waals surface area contributed by atoms with E-state index in [1.807, 2.05) is 30.5 Å². The Hall–Kier alpha value is -1.81. The number of hydrogen-bond acceptors (Lipinski definition) is 4. The van der Waals surface area contributed by atoms with Gasteiger partial charge in [0.1, 0.15) is 0 Å². The molecule has 0 bridgehead atoms. The van der Waals surface area contributed by atoms with Crippen molar-refractivity contribution >= 4 is 17.3 Å². The number of para-hydroxylation sites is 2. The van der Waals surface area contributed by atoms with Crippen LogP contribution in [0.3, 0.4) is 0 Å². The van der Waals surface area contributed by atoms with Gasteiger partial charge in [0, 0.05) is 11.3 Å². The Bertz CT molecular complexity index is 534. The van der Waals surface area contributed by atoms with Gasteiger partial charge in [-0.15, -0.1) is 11.3 Å². The summed E-state index contributed by atoms with van der Waals surface area (Å²) in [5.41, 5.74) is 0. The number of aryl methyl sites for hydroxylation is 1. The minimum Gasteiger partial charge on any atom is -0.490 e. The molecule has 106 valence electrons. The monoisotopic (exact) mass is 290 g/mol. The van der Waals surface area contributed by atoms with E-state index < -0.39 is 0 Å². The molecule has 1 heterocycles. The number of hydrogen-bond donors (Lipinski definition) is 0. The van der Waals surface area contributed by atoms with Crippen molar-refractivity contribution < 1.29 is 14.3 Å². The Balaban J connectivity index is 1.82. The lowest BCUT2D eigenvalue weighted by atomic mass is 10.2. The molecule has 0 aliphatic heterocycles. The van der Waals surface area contributed by atoms with Crippen molar-refractivity contribution in [2.24, 2.45) is 0 Å². The van der Waals surface area contributed by atoms with Crippen LogP contribution in [0.15, 0.2) is 41.8 Å². The molecule has 0 atom stereocenters. The summed E-state index contributed by atoms with van der Waals surface area (Å²) in [7, 11) is 0. The van der Waals surface area contributed by atoms with Gasteiger partial charge in [0.05, 0.1) is 6.61 Å². The maximum atomic E-state index is 11.8. The van der Waals surface area contributed by atoms with Crippen LogP contribution in [0, 0.1) is 0 Å². The van der Waals surface area contributed by atoms with Crippen LogP contribution in [0.1, 0.15) is 24.6 Å². The topological polar surface area (TPSA) is 35.5 Å². The molecule has 1 aromatic carbocycles. The summed E-state index contributed by atoms with van der Waals surface area (Å²) in [5.74, 6) is 0.894. The van der Waals surface area contributed by atoms with E-state index in [4.69, 9.17) is 9.47 Å². The molecule has 0 fully saturated rings. The Morgan fingerprint density at radius 3 is 2.65 bits per heavy atom. The molecule has 1 aromatic heterocycles. The Morgan fingerprint density at radius 1 is 1.15 bits per heavy atom. The van der Waals surface area contributed by atoms with Gasteiger partial charge in [0.2, 0.25) is 0 Å². The van der Waals surface area contributed by atoms with Gasteiger partial charge in [0.25, 0.3) is 0 Å². The van der Waals surface area contributed by atoms with Crippen LogP contribution < -0.4 is 9.47 Å². The van der Waals surface area contributed by atoms with E-state index in [2.05, 4.69) is 6.07 Å². The molecular weight excluding hydrogens is 272 g/mol. The Labute approximate surface area is 123 Å². The molecule has 0 aliphatic carbocycles. The van der Waals surface area contributed by atoms with Gasteiger partial charge in [0.15, 0.2) is 11.5 Å². The van der Waals surface area contributed by atoms with Crippen molar-refractivity contribution in [3.8, 4) is 11.5 Å². The van der Waals surface area contributed by atoms with E-state index in [0.29, 0.717) is 24.5 Å². The highest BCUT2D eigenvalue weighted by atomic mass is 32.1. The number of thiophene rings is 1. The predicted molar refractivity (Wildman–Crippen MR) is 80.5 cm³/mol. The van der Waals surface area contributed by atoms with Gasteiger partial charge in [-0.05, 0) is 43.3 Å². The van der Waals surface area contributed by atoms with Crippen molar-refractivity contribution in [3.05, 3.63) is 46.7 Å². The van der Waals surface area contributed by atoms with Crippen molar-refractivity contribution in [1.29, 1.82) is 0 Å². The molecule has 0 amide bonds. The predicted octanol–water partition coefficient (Wildman–Crippen LogP) is 4.08. The van der Waals surface area contributed by atoms with E-state index in [9.17, 15) is 4.79 Å². The number of ether oxygens (including phenoxy) is 2. The molecule has 0 radical (unpaired) electrons. The fraction of sp³-hybridized carbons (Fsp3) is 0.312. The maximum Gasteiger partial charge on any atom is 0.311 e. The van der Waals surface area contributed by atoms with E-state index in [1.165, 1.54) is 4.88 Å². The molecule has 4 heteroatoms. The number of benzene rings is 1. The van der Waals surface area contributed by atoms with E-state index in [1.54, 1.807) is 23.5 Å². The summed E-state index contributed by atoms with van der Waals surface area (Å²) in [6, 6.07) is 11.4. The molecule has 20 heavy (non-hydrogen) atoms. The molecule has 3 nitrogen and oxygen atoms in total. The number of esters is 1. The van der Waals surface area contributed by atoms with Crippen LogP contribution in [0.25, 0.3) is 0 Å². The van der Waals surface area contributed by atoms with Gasteiger partial charge in [-0.3, -0.25) is 4.79 Å². The van der Waals surface area contributed by atoms with Crippen LogP contribution in [0.2, 0.25) is 0 Å². The van der Waals surface area contributed by atoms with Crippen molar-refractivity contribution in [2.75, 3.05) is 6.61 Å². The second-order valence-corrected chi connectivity index (χ2v) is 5.32. The van der Waals surface area contributed by atoms with Gasteiger partial charge in [-0.2, -0.15) is 0 Å². The average molecular weight is 290 g/mol. The highest BCUT2D eigenvalue weighted by Crippen LogP contribution is 2.26. The quantitative estimate of drug-likeness (QED) is 0.569. The van der Waals surface area contributed by atoms with Crippen molar-refractivity contribution in [3.63, 3.8) is 0 Å². The Morgan fingerprint density at radius 2 is 1.95 bits per heavy atom. The summed E-state index contributed by atoms with van der Waals surface area (Å²) >= 11 is 1.72. The zero-order valence-corrected chi connectivity index (χ0v) is 12.3. The molecule has 2 rings (SSSR count). The van der Waals surface area contributed by atoms with Crippen LogP contribution >= 0.6 is 11.3 Å². The first-order chi connectivity index (χ1) is 9.79. The van der Waals surface area contributed by atoms with Crippen LogP contribution in [-0.4, -0.2) is 12.6 Å². The van der Waals surface area contributed by atoms with Gasteiger partial charge >= 0.3 is 5.97 Å². The lowest BCUT2D eigenvalue weighted by Crippen LogP contribution is -2.09. The number of carbonyl (C=O) groups excluding carboxylic acids is 1. The van der Waals surface area contributed by atoms with E-state index in [0.717, 1.165) is 12.8 Å². The number of carbonyl (C=O) groups is 1. The first-order valence-electron chi connectivity index (χ1n) is 6.74. The zero-order chi connectivity index (χ0) is 14.2. The third-order valence-electron chi connectivity index (χ3n) is 2.76. The molecule has 2 aromatic rings. The summed E-state index contributed by atoms with van der Waals surface area (Å²) in [4.78, 5) is 13.1. The molecule has 0 N–H and O–H groups in total. The minimum atomic E-state index is -0.214. The smallest absolute Gasteiger partial charge is 0.311 e. The molecule has 0 saturated carbocycles. The van der Waals surface area contributed by atoms with Crippen LogP contribution in [0.5, 0.6) is 11.5 Å². The first-order valence-corrected chi connectivity index (χ1v) is 7.62. The summed E-state index contributed by atoms with van der Waals surface area (Å²) in [5, 5.41) is 2.05. The minimum absolute atomic E-state index is 0.214. The van der Waals surface area contributed by atoms with Gasteiger partial charge in [-0.1, -0.05) is 18.2 Å². The second kappa shape index (κ2) is 7.70. The van der Waals surface area contributed by atoms with Crippen LogP contribution in [0.4, 0.5) is 0 Å². The molecule has 0 spiro atoms. The second-order valence-electron chi connectivity index (χ2n) is 4.29. The lowest BCUT2D eigenvalue weighted by Gasteiger charge is -2.09. The van der Waals surface area contributed by atoms with Crippen molar-refractivity contribution in [2.45, 2.75) is 26.2 Å². The zero-order valence-electron chi connectivity index (χ0n) is 11.5. The van der Waals surface area contributed by atoms with Crippen molar-refractivity contribution in [1.82, 2.24) is 0 Å². The summed E-state index contributed by atoms with van der Waals surface area (Å²) < 4.78 is 10.8. The number of rotatable bonds is 7. The highest BCUT2D eigenvalue weighted by Gasteiger charge is 2.09. The standard InChI is InChI=1S/C16H18O3S/c1-2-18-14-9-3-4-10-15(14)19-16(17)11-5-7-13-8-6-12-20-13/h3-4,6,8-10,12H,2,5,7,11H2,1H3. The fourth-order valence-corrected chi connectivity index (χ4v) is 2.60. The third kappa shape index (κ3) is 4.38. The van der Waals surface area contributed by atoms with E-state index in [-0.39, 0.29) is 5.97 Å².